The van der Waals surface area contributed by atoms with Crippen LogP contribution >= 0.6 is 0 Å². The number of rotatable bonds is 4. The predicted molar refractivity (Wildman–Crippen MR) is 90.6 cm³/mol. The maximum absolute atomic E-state index is 12.7. The number of H-pyrrole nitrogens is 2. The summed E-state index contributed by atoms with van der Waals surface area (Å²) in [4.78, 5) is 23.5. The second-order valence-electron chi connectivity index (χ2n) is 6.32. The monoisotopic (exact) mass is 324 g/mol. The molecular formula is C18H20N4O2. The van der Waals surface area contributed by atoms with Gasteiger partial charge in [0.15, 0.2) is 0 Å². The number of aromatic nitrogens is 3. The van der Waals surface area contributed by atoms with E-state index in [4.69, 9.17) is 4.74 Å². The average molecular weight is 324 g/mol. The molecular weight excluding hydrogens is 304 g/mol. The molecule has 1 amide bonds. The molecule has 3 N–H and O–H groups in total. The summed E-state index contributed by atoms with van der Waals surface area (Å²) < 4.78 is 5.53. The first kappa shape index (κ1) is 15.0. The fourth-order valence-electron chi connectivity index (χ4n) is 3.47. The molecule has 1 aromatic carbocycles. The van der Waals surface area contributed by atoms with Gasteiger partial charge in [0.2, 0.25) is 5.91 Å². The second kappa shape index (κ2) is 5.79. The number of benzene rings is 1. The molecule has 4 rings (SSSR count). The number of imidazole rings is 1. The number of fused-ring (bicyclic) bond motifs is 1. The highest BCUT2D eigenvalue weighted by Crippen LogP contribution is 2.29. The zero-order valence-corrected chi connectivity index (χ0v) is 13.6. The van der Waals surface area contributed by atoms with E-state index < -0.39 is 5.54 Å². The normalized spacial score (nSPS) is 20.5. The highest BCUT2D eigenvalue weighted by molar-refractivity contribution is 5.90. The number of nitrogens with one attached hydrogen (secondary N) is 3. The SMILES string of the molecule is Cc1[nH]c2ccccc2c1CC(=O)NC1(c2ncc[nH]2)CCOC1. The third kappa shape index (κ3) is 2.49. The van der Waals surface area contributed by atoms with Crippen LogP contribution in [0.4, 0.5) is 0 Å². The summed E-state index contributed by atoms with van der Waals surface area (Å²) in [5, 5.41) is 4.25. The van der Waals surface area contributed by atoms with Crippen LogP contribution in [0.2, 0.25) is 0 Å². The van der Waals surface area contributed by atoms with Gasteiger partial charge in [-0.1, -0.05) is 18.2 Å². The quantitative estimate of drug-likeness (QED) is 0.688. The van der Waals surface area contributed by atoms with Crippen LogP contribution in [-0.2, 0) is 21.5 Å². The molecule has 3 heterocycles. The summed E-state index contributed by atoms with van der Waals surface area (Å²) in [6, 6.07) is 8.05. The van der Waals surface area contributed by atoms with Gasteiger partial charge >= 0.3 is 0 Å². The van der Waals surface area contributed by atoms with E-state index >= 15 is 0 Å². The summed E-state index contributed by atoms with van der Waals surface area (Å²) in [7, 11) is 0. The Hall–Kier alpha value is -2.60. The lowest BCUT2D eigenvalue weighted by atomic mass is 9.96. The molecule has 0 radical (unpaired) electrons. The van der Waals surface area contributed by atoms with Crippen LogP contribution in [0.15, 0.2) is 36.7 Å². The van der Waals surface area contributed by atoms with Crippen molar-refractivity contribution in [3.63, 3.8) is 0 Å². The molecule has 1 atom stereocenters. The van der Waals surface area contributed by atoms with Gasteiger partial charge in [-0.2, -0.15) is 0 Å². The zero-order chi connectivity index (χ0) is 16.6. The van der Waals surface area contributed by atoms with Crippen molar-refractivity contribution in [3.8, 4) is 0 Å². The number of para-hydroxylation sites is 1. The molecule has 2 aromatic heterocycles. The maximum atomic E-state index is 12.7. The highest BCUT2D eigenvalue weighted by Gasteiger charge is 2.40. The molecule has 1 aliphatic heterocycles. The minimum Gasteiger partial charge on any atom is -0.378 e. The van der Waals surface area contributed by atoms with E-state index in [1.54, 1.807) is 12.4 Å². The van der Waals surface area contributed by atoms with Gasteiger partial charge in [0.05, 0.1) is 13.0 Å². The van der Waals surface area contributed by atoms with Crippen molar-refractivity contribution >= 4 is 16.8 Å². The standard InChI is InChI=1S/C18H20N4O2/c1-12-14(13-4-2-3-5-15(13)21-12)10-16(23)22-18(6-9-24-11-18)17-19-7-8-20-17/h2-5,7-8,21H,6,9-11H2,1H3,(H,19,20)(H,22,23). The van der Waals surface area contributed by atoms with Gasteiger partial charge in [-0.15, -0.1) is 0 Å². The number of nitrogens with zero attached hydrogens (tertiary/aromatic N) is 1. The molecule has 1 unspecified atom stereocenters. The number of aromatic amines is 2. The van der Waals surface area contributed by atoms with Gasteiger partial charge in [0.1, 0.15) is 11.4 Å². The number of hydrogen-bond acceptors (Lipinski definition) is 3. The van der Waals surface area contributed by atoms with E-state index in [2.05, 4.69) is 20.3 Å². The number of carbonyl (C=O) groups excluding carboxylic acids is 1. The third-order valence-corrected chi connectivity index (χ3v) is 4.72. The summed E-state index contributed by atoms with van der Waals surface area (Å²) in [5.41, 5.74) is 2.57. The zero-order valence-electron chi connectivity index (χ0n) is 13.6. The molecule has 24 heavy (non-hydrogen) atoms. The van der Waals surface area contributed by atoms with Gasteiger partial charge in [-0.05, 0) is 18.6 Å². The Labute approximate surface area is 139 Å². The number of amides is 1. The molecule has 6 nitrogen and oxygen atoms in total. The summed E-state index contributed by atoms with van der Waals surface area (Å²) >= 11 is 0. The molecule has 0 spiro atoms. The Morgan fingerprint density at radius 2 is 2.29 bits per heavy atom. The van der Waals surface area contributed by atoms with Gasteiger partial charge < -0.3 is 20.0 Å². The minimum absolute atomic E-state index is 0.0234. The lowest BCUT2D eigenvalue weighted by Crippen LogP contribution is -2.47. The topological polar surface area (TPSA) is 82.8 Å². The van der Waals surface area contributed by atoms with E-state index in [0.29, 0.717) is 19.6 Å². The van der Waals surface area contributed by atoms with Crippen LogP contribution in [0.1, 0.15) is 23.5 Å². The first-order valence-corrected chi connectivity index (χ1v) is 8.13. The van der Waals surface area contributed by atoms with Crippen LogP contribution in [-0.4, -0.2) is 34.1 Å². The first-order chi connectivity index (χ1) is 11.7. The smallest absolute Gasteiger partial charge is 0.225 e. The first-order valence-electron chi connectivity index (χ1n) is 8.13. The molecule has 6 heteroatoms. The Bertz CT molecular complexity index is 860. The fraction of sp³-hybridized carbons (Fsp3) is 0.333. The van der Waals surface area contributed by atoms with Crippen LogP contribution in [0.5, 0.6) is 0 Å². The van der Waals surface area contributed by atoms with Crippen LogP contribution in [0.3, 0.4) is 0 Å². The van der Waals surface area contributed by atoms with Gasteiger partial charge in [0.25, 0.3) is 0 Å². The Morgan fingerprint density at radius 1 is 1.42 bits per heavy atom. The van der Waals surface area contributed by atoms with E-state index in [1.165, 1.54) is 0 Å². The van der Waals surface area contributed by atoms with E-state index in [1.807, 2.05) is 31.2 Å². The number of hydrogen-bond donors (Lipinski definition) is 3. The van der Waals surface area contributed by atoms with E-state index in [-0.39, 0.29) is 5.91 Å². The number of ether oxygens (including phenoxy) is 1. The van der Waals surface area contributed by atoms with Crippen molar-refractivity contribution in [2.75, 3.05) is 13.2 Å². The van der Waals surface area contributed by atoms with Crippen molar-refractivity contribution in [2.24, 2.45) is 0 Å². The number of aryl methyl sites for hydroxylation is 1. The van der Waals surface area contributed by atoms with Crippen LogP contribution < -0.4 is 5.32 Å². The highest BCUT2D eigenvalue weighted by atomic mass is 16.5. The van der Waals surface area contributed by atoms with E-state index in [0.717, 1.165) is 34.4 Å². The lowest BCUT2D eigenvalue weighted by molar-refractivity contribution is -0.122. The molecule has 1 saturated heterocycles. The molecule has 3 aromatic rings. The molecule has 0 aliphatic carbocycles. The maximum Gasteiger partial charge on any atom is 0.225 e. The Morgan fingerprint density at radius 3 is 3.04 bits per heavy atom. The van der Waals surface area contributed by atoms with Crippen molar-refractivity contribution in [1.29, 1.82) is 0 Å². The molecule has 124 valence electrons. The molecule has 1 fully saturated rings. The second-order valence-corrected chi connectivity index (χ2v) is 6.32. The molecule has 0 saturated carbocycles. The molecule has 0 bridgehead atoms. The van der Waals surface area contributed by atoms with Crippen molar-refractivity contribution in [3.05, 3.63) is 53.7 Å². The summed E-state index contributed by atoms with van der Waals surface area (Å²) in [6.45, 7) is 3.07. The number of carbonyl (C=O) groups is 1. The van der Waals surface area contributed by atoms with E-state index in [9.17, 15) is 4.79 Å². The Balaban J connectivity index is 1.59. The Kier molecular flexibility index (Phi) is 3.61. The largest absolute Gasteiger partial charge is 0.378 e. The predicted octanol–water partition coefficient (Wildman–Crippen LogP) is 2.17. The van der Waals surface area contributed by atoms with Gasteiger partial charge in [-0.25, -0.2) is 4.98 Å². The van der Waals surface area contributed by atoms with Crippen LogP contribution in [0.25, 0.3) is 10.9 Å². The van der Waals surface area contributed by atoms with Gasteiger partial charge in [-0.3, -0.25) is 4.79 Å². The average Bonchev–Trinajstić information content (AvgIpc) is 3.29. The van der Waals surface area contributed by atoms with Crippen LogP contribution in [0, 0.1) is 6.92 Å². The third-order valence-electron chi connectivity index (χ3n) is 4.72. The summed E-state index contributed by atoms with van der Waals surface area (Å²) in [6.07, 6.45) is 4.52. The minimum atomic E-state index is -0.555. The van der Waals surface area contributed by atoms with Gasteiger partial charge in [0, 0.05) is 42.0 Å². The lowest BCUT2D eigenvalue weighted by Gasteiger charge is -2.26. The van der Waals surface area contributed by atoms with Crippen molar-refractivity contribution in [1.82, 2.24) is 20.3 Å². The van der Waals surface area contributed by atoms with Crippen molar-refractivity contribution < 1.29 is 9.53 Å². The van der Waals surface area contributed by atoms with Crippen molar-refractivity contribution in [2.45, 2.75) is 25.3 Å². The fourth-order valence-corrected chi connectivity index (χ4v) is 3.47. The molecule has 1 aliphatic rings. The summed E-state index contributed by atoms with van der Waals surface area (Å²) in [5.74, 6) is 0.730.